The third-order valence-electron chi connectivity index (χ3n) is 12.6. The number of rotatable bonds is 50. The molecule has 0 fully saturated rings. The number of nitrogens with one attached hydrogen (secondary N) is 1. The molecule has 0 aliphatic carbocycles. The first-order valence-electron chi connectivity index (χ1n) is 28.0. The van der Waals surface area contributed by atoms with Gasteiger partial charge in [-0.3, -0.25) is 9.59 Å². The van der Waals surface area contributed by atoms with Gasteiger partial charge in [-0.05, 0) is 89.9 Å². The molecule has 0 rings (SSSR count). The normalized spacial score (nSPS) is 13.6. The fraction of sp³-hybridized carbons (Fsp3) is 0.797. The molecule has 0 spiro atoms. The Kier molecular flexibility index (Phi) is 50.6. The molecule has 3 N–H and O–H groups in total. The number of esters is 1. The SMILES string of the molecule is CC/C=C/C/C=C/C/C=C/CCCCC(CC(=O)NC(CO)C(O)CCCCCCCCCCCCCCCCCCC)OC(=O)CCCCCCCCC/C=C\C/C=C\CCCCC. The van der Waals surface area contributed by atoms with Crippen molar-refractivity contribution >= 4 is 11.9 Å². The average Bonchev–Trinajstić information content (AvgIpc) is 3.30. The van der Waals surface area contributed by atoms with Gasteiger partial charge in [0.1, 0.15) is 6.10 Å². The number of aliphatic hydroxyl groups excluding tert-OH is 2. The van der Waals surface area contributed by atoms with E-state index in [4.69, 9.17) is 4.74 Å². The van der Waals surface area contributed by atoms with E-state index in [2.05, 4.69) is 86.8 Å². The third-order valence-corrected chi connectivity index (χ3v) is 12.6. The second-order valence-corrected chi connectivity index (χ2v) is 19.0. The Morgan fingerprint density at radius 1 is 0.462 bits per heavy atom. The maximum Gasteiger partial charge on any atom is 0.306 e. The van der Waals surface area contributed by atoms with Crippen LogP contribution < -0.4 is 5.32 Å². The van der Waals surface area contributed by atoms with Crippen LogP contribution in [0.3, 0.4) is 0 Å². The molecule has 0 saturated heterocycles. The van der Waals surface area contributed by atoms with Gasteiger partial charge in [0, 0.05) is 6.42 Å². The Bertz CT molecular complexity index is 1160. The predicted octanol–water partition coefficient (Wildman–Crippen LogP) is 17.2. The van der Waals surface area contributed by atoms with Gasteiger partial charge in [0.25, 0.3) is 0 Å². The minimum absolute atomic E-state index is 0.0478. The van der Waals surface area contributed by atoms with Crippen LogP contribution in [0.1, 0.15) is 278 Å². The molecule has 0 saturated carbocycles. The zero-order valence-corrected chi connectivity index (χ0v) is 43.1. The van der Waals surface area contributed by atoms with Crippen molar-refractivity contribution in [3.63, 3.8) is 0 Å². The highest BCUT2D eigenvalue weighted by Crippen LogP contribution is 2.18. The van der Waals surface area contributed by atoms with Crippen LogP contribution in [0.2, 0.25) is 0 Å². The van der Waals surface area contributed by atoms with E-state index in [1.54, 1.807) is 0 Å². The molecular formula is C59H107NO5. The summed E-state index contributed by atoms with van der Waals surface area (Å²) in [6.45, 7) is 6.35. The van der Waals surface area contributed by atoms with Crippen LogP contribution in [-0.4, -0.2) is 46.9 Å². The summed E-state index contributed by atoms with van der Waals surface area (Å²) in [4.78, 5) is 26.2. The lowest BCUT2D eigenvalue weighted by atomic mass is 10.0. The zero-order valence-electron chi connectivity index (χ0n) is 43.1. The van der Waals surface area contributed by atoms with Gasteiger partial charge in [-0.2, -0.15) is 0 Å². The smallest absolute Gasteiger partial charge is 0.306 e. The van der Waals surface area contributed by atoms with Gasteiger partial charge in [0.05, 0.1) is 25.2 Å². The first-order chi connectivity index (χ1) is 32.0. The summed E-state index contributed by atoms with van der Waals surface area (Å²) in [5, 5.41) is 23.8. The van der Waals surface area contributed by atoms with Gasteiger partial charge in [-0.1, -0.05) is 236 Å². The van der Waals surface area contributed by atoms with E-state index in [9.17, 15) is 19.8 Å². The third kappa shape index (κ3) is 47.8. The van der Waals surface area contributed by atoms with Gasteiger partial charge in [0.2, 0.25) is 5.91 Å². The highest BCUT2D eigenvalue weighted by atomic mass is 16.5. The van der Waals surface area contributed by atoms with Crippen molar-refractivity contribution < 1.29 is 24.5 Å². The Balaban J connectivity index is 4.53. The molecule has 0 aromatic heterocycles. The molecule has 0 heterocycles. The lowest BCUT2D eigenvalue weighted by molar-refractivity contribution is -0.151. The Morgan fingerprint density at radius 3 is 1.31 bits per heavy atom. The van der Waals surface area contributed by atoms with E-state index in [0.29, 0.717) is 19.3 Å². The van der Waals surface area contributed by atoms with Crippen molar-refractivity contribution in [2.75, 3.05) is 6.61 Å². The van der Waals surface area contributed by atoms with Crippen molar-refractivity contribution in [2.45, 2.75) is 296 Å². The van der Waals surface area contributed by atoms with Crippen LogP contribution in [0.4, 0.5) is 0 Å². The Hall–Kier alpha value is -2.44. The van der Waals surface area contributed by atoms with Gasteiger partial charge >= 0.3 is 5.97 Å². The van der Waals surface area contributed by atoms with Gasteiger partial charge in [-0.15, -0.1) is 0 Å². The van der Waals surface area contributed by atoms with Crippen LogP contribution in [0.25, 0.3) is 0 Å². The number of hydrogen-bond acceptors (Lipinski definition) is 5. The molecule has 378 valence electrons. The summed E-state index contributed by atoms with van der Waals surface area (Å²) >= 11 is 0. The topological polar surface area (TPSA) is 95.9 Å². The number of hydrogen-bond donors (Lipinski definition) is 3. The van der Waals surface area contributed by atoms with E-state index < -0.39 is 18.2 Å². The van der Waals surface area contributed by atoms with Crippen LogP contribution >= 0.6 is 0 Å². The summed E-state index contributed by atoms with van der Waals surface area (Å²) in [6.07, 6.45) is 65.7. The van der Waals surface area contributed by atoms with Crippen molar-refractivity contribution in [2.24, 2.45) is 0 Å². The van der Waals surface area contributed by atoms with Crippen LogP contribution in [-0.2, 0) is 14.3 Å². The fourth-order valence-electron chi connectivity index (χ4n) is 8.36. The van der Waals surface area contributed by atoms with Crippen LogP contribution in [0.5, 0.6) is 0 Å². The van der Waals surface area contributed by atoms with E-state index in [-0.39, 0.29) is 24.9 Å². The van der Waals surface area contributed by atoms with E-state index in [1.807, 2.05) is 0 Å². The molecule has 3 atom stereocenters. The maximum atomic E-state index is 13.2. The van der Waals surface area contributed by atoms with Gasteiger partial charge in [0.15, 0.2) is 0 Å². The quantitative estimate of drug-likeness (QED) is 0.0321. The fourth-order valence-corrected chi connectivity index (χ4v) is 8.36. The Morgan fingerprint density at radius 2 is 0.831 bits per heavy atom. The first-order valence-corrected chi connectivity index (χ1v) is 28.0. The number of carbonyl (C=O) groups excluding carboxylic acids is 2. The summed E-state index contributed by atoms with van der Waals surface area (Å²) in [5.41, 5.74) is 0. The monoisotopic (exact) mass is 910 g/mol. The molecule has 65 heavy (non-hydrogen) atoms. The molecule has 6 heteroatoms. The minimum atomic E-state index is -0.801. The lowest BCUT2D eigenvalue weighted by Crippen LogP contribution is -2.46. The van der Waals surface area contributed by atoms with E-state index >= 15 is 0 Å². The second-order valence-electron chi connectivity index (χ2n) is 19.0. The lowest BCUT2D eigenvalue weighted by Gasteiger charge is -2.24. The van der Waals surface area contributed by atoms with E-state index in [0.717, 1.165) is 89.9 Å². The molecular weight excluding hydrogens is 803 g/mol. The highest BCUT2D eigenvalue weighted by Gasteiger charge is 2.24. The summed E-state index contributed by atoms with van der Waals surface area (Å²) in [5.74, 6) is -0.516. The molecule has 0 aliphatic heterocycles. The van der Waals surface area contributed by atoms with Gasteiger partial charge in [-0.25, -0.2) is 0 Å². The molecule has 6 nitrogen and oxygen atoms in total. The van der Waals surface area contributed by atoms with Crippen molar-refractivity contribution in [3.05, 3.63) is 60.8 Å². The minimum Gasteiger partial charge on any atom is -0.462 e. The number of amides is 1. The molecule has 0 aliphatic rings. The van der Waals surface area contributed by atoms with Crippen molar-refractivity contribution in [1.29, 1.82) is 0 Å². The molecule has 1 amide bonds. The number of carbonyl (C=O) groups is 2. The second kappa shape index (κ2) is 52.5. The van der Waals surface area contributed by atoms with Gasteiger partial charge < -0.3 is 20.3 Å². The van der Waals surface area contributed by atoms with E-state index in [1.165, 1.54) is 141 Å². The van der Waals surface area contributed by atoms with Crippen LogP contribution in [0.15, 0.2) is 60.8 Å². The predicted molar refractivity (Wildman–Crippen MR) is 282 cm³/mol. The van der Waals surface area contributed by atoms with Crippen molar-refractivity contribution in [3.8, 4) is 0 Å². The highest BCUT2D eigenvalue weighted by molar-refractivity contribution is 5.77. The molecule has 0 bridgehead atoms. The average molecular weight is 911 g/mol. The number of ether oxygens (including phenoxy) is 1. The summed E-state index contributed by atoms with van der Waals surface area (Å²) in [7, 11) is 0. The standard InChI is InChI=1S/C59H107NO5/c1-4-7-10-13-16-19-22-25-27-29-31-33-36-39-42-45-48-51-57(62)56(54-61)60-58(63)53-55(50-47-44-41-38-35-24-21-18-15-12-9-6-3)65-59(64)52-49-46-43-40-37-34-32-30-28-26-23-20-17-14-11-8-5-2/h9,12,17-18,20-21,26,28,35,38,55-57,61-62H,4-8,10-11,13-16,19,22-25,27,29-34,36-37,39-54H2,1-3H3,(H,60,63)/b12-9+,20-17-,21-18+,28-26-,38-35+. The molecule has 0 aromatic rings. The number of unbranched alkanes of at least 4 members (excludes halogenated alkanes) is 28. The molecule has 3 unspecified atom stereocenters. The first kappa shape index (κ1) is 62.6. The largest absolute Gasteiger partial charge is 0.462 e. The summed E-state index contributed by atoms with van der Waals surface area (Å²) in [6, 6.07) is -0.717. The molecule has 0 radical (unpaired) electrons. The molecule has 0 aromatic carbocycles. The Labute approximate surface area is 403 Å². The van der Waals surface area contributed by atoms with Crippen LogP contribution in [0, 0.1) is 0 Å². The maximum absolute atomic E-state index is 13.2. The number of aliphatic hydroxyl groups is 2. The van der Waals surface area contributed by atoms with Crippen molar-refractivity contribution in [1.82, 2.24) is 5.32 Å². The number of allylic oxidation sites excluding steroid dienone is 10. The summed E-state index contributed by atoms with van der Waals surface area (Å²) < 4.78 is 5.92. The zero-order chi connectivity index (χ0) is 47.4.